The third kappa shape index (κ3) is 11.9. The summed E-state index contributed by atoms with van der Waals surface area (Å²) in [5, 5.41) is 0. The molecule has 0 aliphatic carbocycles. The van der Waals surface area contributed by atoms with Crippen LogP contribution >= 0.6 is 0 Å². The van der Waals surface area contributed by atoms with Gasteiger partial charge in [-0.2, -0.15) is 0 Å². The molecule has 0 bridgehead atoms. The van der Waals surface area contributed by atoms with Crippen molar-refractivity contribution in [1.82, 2.24) is 0 Å². The fourth-order valence-corrected chi connectivity index (χ4v) is 1.91. The van der Waals surface area contributed by atoms with Crippen molar-refractivity contribution in [2.75, 3.05) is 0 Å². The van der Waals surface area contributed by atoms with Crippen molar-refractivity contribution < 1.29 is 0 Å². The first-order chi connectivity index (χ1) is 7.31. The highest BCUT2D eigenvalue weighted by Gasteiger charge is 1.98. The van der Waals surface area contributed by atoms with E-state index in [-0.39, 0.29) is 0 Å². The van der Waals surface area contributed by atoms with E-state index in [0.29, 0.717) is 0 Å². The monoisotopic (exact) mass is 211 g/mol. The predicted molar refractivity (Wildman–Crippen MR) is 71.1 cm³/mol. The average Bonchev–Trinajstić information content (AvgIpc) is 2.26. The maximum atomic E-state index is 2.30. The molecule has 0 fully saturated rings. The highest BCUT2D eigenvalue weighted by atomic mass is 14.0. The minimum Gasteiger partial charge on any atom is -0.0654 e. The van der Waals surface area contributed by atoms with E-state index in [0.717, 1.165) is 0 Å². The Bertz CT molecular complexity index is 107. The first-order valence-corrected chi connectivity index (χ1v) is 7.12. The minimum absolute atomic E-state index is 1.27. The van der Waals surface area contributed by atoms with Crippen LogP contribution in [0, 0.1) is 5.92 Å². The molecule has 0 amide bonds. The molecule has 1 radical (unpaired) electrons. The smallest absolute Gasteiger partial charge is 0.0275 e. The maximum Gasteiger partial charge on any atom is -0.0275 e. The summed E-state index contributed by atoms with van der Waals surface area (Å²) in [5.74, 6) is 1.68. The molecule has 0 aromatic rings. The molecule has 0 aromatic carbocycles. The van der Waals surface area contributed by atoms with E-state index in [1.165, 1.54) is 70.6 Å². The Morgan fingerprint density at radius 2 is 1.13 bits per heavy atom. The van der Waals surface area contributed by atoms with Crippen molar-refractivity contribution in [3.8, 4) is 0 Å². The molecule has 0 saturated carbocycles. The number of hydrogen-bond acceptors (Lipinski definition) is 0. The number of hydrogen-bond donors (Lipinski definition) is 0. The fraction of sp³-hybridized carbons (Fsp3) is 0.933. The van der Waals surface area contributed by atoms with Gasteiger partial charge >= 0.3 is 0 Å². The molecule has 0 heteroatoms. The Morgan fingerprint density at radius 3 is 1.60 bits per heavy atom. The summed E-state index contributed by atoms with van der Waals surface area (Å²) in [7, 11) is 0. The molecule has 91 valence electrons. The van der Waals surface area contributed by atoms with Crippen LogP contribution in [0.5, 0.6) is 0 Å². The van der Waals surface area contributed by atoms with Gasteiger partial charge < -0.3 is 0 Å². The normalized spacial score (nSPS) is 11.2. The Morgan fingerprint density at radius 1 is 0.667 bits per heavy atom. The summed E-state index contributed by atoms with van der Waals surface area (Å²) in [6.45, 7) is 6.85. The first-order valence-electron chi connectivity index (χ1n) is 7.12. The molecule has 0 heterocycles. The topological polar surface area (TPSA) is 0 Å². The molecule has 0 saturated heterocycles. The molecule has 0 rings (SSSR count). The summed E-state index contributed by atoms with van der Waals surface area (Å²) in [6.07, 6.45) is 15.6. The second kappa shape index (κ2) is 12.1. The molecule has 0 spiro atoms. The quantitative estimate of drug-likeness (QED) is 0.373. The lowest BCUT2D eigenvalue weighted by Gasteiger charge is -2.06. The second-order valence-electron chi connectivity index (χ2n) is 4.89. The van der Waals surface area contributed by atoms with Crippen LogP contribution in [-0.2, 0) is 0 Å². The van der Waals surface area contributed by atoms with Gasteiger partial charge in [-0.25, -0.2) is 0 Å². The lowest BCUT2D eigenvalue weighted by molar-refractivity contribution is 0.555. The van der Waals surface area contributed by atoms with E-state index in [4.69, 9.17) is 0 Å². The van der Waals surface area contributed by atoms with Crippen molar-refractivity contribution in [2.24, 2.45) is 0 Å². The van der Waals surface area contributed by atoms with Crippen LogP contribution in [0.1, 0.15) is 91.4 Å². The van der Waals surface area contributed by atoms with Crippen molar-refractivity contribution >= 4 is 0 Å². The van der Waals surface area contributed by atoms with Crippen LogP contribution in [0.25, 0.3) is 0 Å². The van der Waals surface area contributed by atoms with Gasteiger partial charge in [0.15, 0.2) is 0 Å². The maximum absolute atomic E-state index is 2.30. The summed E-state index contributed by atoms with van der Waals surface area (Å²) in [4.78, 5) is 0. The molecular formula is C15H31. The van der Waals surface area contributed by atoms with E-state index in [9.17, 15) is 0 Å². The van der Waals surface area contributed by atoms with Crippen LogP contribution < -0.4 is 0 Å². The van der Waals surface area contributed by atoms with E-state index in [1.807, 2.05) is 0 Å². The second-order valence-corrected chi connectivity index (χ2v) is 4.89. The standard InChI is InChI=1S/C15H31/c1-4-6-7-8-9-10-11-12-13-14-15(3)5-2/h4-14H2,1-3H3. The summed E-state index contributed by atoms with van der Waals surface area (Å²) < 4.78 is 0. The van der Waals surface area contributed by atoms with Gasteiger partial charge in [0.25, 0.3) is 0 Å². The van der Waals surface area contributed by atoms with Gasteiger partial charge in [0, 0.05) is 0 Å². The highest BCUT2D eigenvalue weighted by Crippen LogP contribution is 2.16. The fourth-order valence-electron chi connectivity index (χ4n) is 1.91. The van der Waals surface area contributed by atoms with Crippen molar-refractivity contribution in [3.63, 3.8) is 0 Å². The summed E-state index contributed by atoms with van der Waals surface area (Å²) in [6, 6.07) is 0. The van der Waals surface area contributed by atoms with E-state index in [2.05, 4.69) is 20.8 Å². The van der Waals surface area contributed by atoms with Crippen molar-refractivity contribution in [3.05, 3.63) is 5.92 Å². The zero-order valence-electron chi connectivity index (χ0n) is 11.3. The summed E-state index contributed by atoms with van der Waals surface area (Å²) >= 11 is 0. The van der Waals surface area contributed by atoms with Crippen LogP contribution in [-0.4, -0.2) is 0 Å². The van der Waals surface area contributed by atoms with E-state index >= 15 is 0 Å². The Hall–Kier alpha value is 0. The molecule has 0 unspecified atom stereocenters. The number of rotatable bonds is 11. The Labute approximate surface area is 97.8 Å². The molecular weight excluding hydrogens is 180 g/mol. The SMILES string of the molecule is CCCCCCCCCCC[C](C)CC. The largest absolute Gasteiger partial charge is 0.0654 e. The predicted octanol–water partition coefficient (Wildman–Crippen LogP) is 5.91. The van der Waals surface area contributed by atoms with Gasteiger partial charge in [0.05, 0.1) is 0 Å². The third-order valence-electron chi connectivity index (χ3n) is 3.31. The van der Waals surface area contributed by atoms with Gasteiger partial charge in [-0.05, 0) is 12.3 Å². The van der Waals surface area contributed by atoms with Crippen LogP contribution in [0.3, 0.4) is 0 Å². The molecule has 0 aliphatic heterocycles. The van der Waals surface area contributed by atoms with E-state index < -0.39 is 0 Å². The van der Waals surface area contributed by atoms with Gasteiger partial charge in [0.2, 0.25) is 0 Å². The zero-order chi connectivity index (χ0) is 11.4. The summed E-state index contributed by atoms with van der Waals surface area (Å²) in [5.41, 5.74) is 0. The molecule has 0 aromatic heterocycles. The first kappa shape index (κ1) is 15.0. The highest BCUT2D eigenvalue weighted by molar-refractivity contribution is 4.80. The molecule has 0 atom stereocenters. The Kier molecular flexibility index (Phi) is 12.1. The molecule has 15 heavy (non-hydrogen) atoms. The van der Waals surface area contributed by atoms with Crippen LogP contribution in [0.4, 0.5) is 0 Å². The van der Waals surface area contributed by atoms with Crippen LogP contribution in [0.2, 0.25) is 0 Å². The van der Waals surface area contributed by atoms with Crippen molar-refractivity contribution in [1.29, 1.82) is 0 Å². The lowest BCUT2D eigenvalue weighted by atomic mass is 9.99. The zero-order valence-corrected chi connectivity index (χ0v) is 11.3. The third-order valence-corrected chi connectivity index (χ3v) is 3.31. The van der Waals surface area contributed by atoms with E-state index in [1.54, 1.807) is 5.92 Å². The lowest BCUT2D eigenvalue weighted by Crippen LogP contribution is -1.89. The van der Waals surface area contributed by atoms with Gasteiger partial charge in [-0.3, -0.25) is 0 Å². The Balaban J connectivity index is 2.92. The number of unbranched alkanes of at least 4 members (excludes halogenated alkanes) is 8. The van der Waals surface area contributed by atoms with Gasteiger partial charge in [0.1, 0.15) is 0 Å². The van der Waals surface area contributed by atoms with Crippen LogP contribution in [0.15, 0.2) is 0 Å². The minimum atomic E-state index is 1.27. The molecule has 0 nitrogen and oxygen atoms in total. The van der Waals surface area contributed by atoms with Gasteiger partial charge in [-0.15, -0.1) is 0 Å². The van der Waals surface area contributed by atoms with Crippen molar-refractivity contribution in [2.45, 2.75) is 91.4 Å². The molecule has 0 aliphatic rings. The van der Waals surface area contributed by atoms with Gasteiger partial charge in [-0.1, -0.05) is 85.0 Å². The average molecular weight is 211 g/mol. The molecule has 0 N–H and O–H groups in total.